The Kier molecular flexibility index (Phi) is 6.73. The molecule has 0 aliphatic heterocycles. The van der Waals surface area contributed by atoms with Gasteiger partial charge < -0.3 is 0 Å². The number of benzene rings is 2. The Morgan fingerprint density at radius 3 is 1.10 bits per heavy atom. The highest BCUT2D eigenvalue weighted by Gasteiger charge is 2.39. The van der Waals surface area contributed by atoms with Gasteiger partial charge in [-0.15, -0.1) is 0 Å². The van der Waals surface area contributed by atoms with Gasteiger partial charge in [-0.25, -0.2) is 9.97 Å². The monoisotopic (exact) mass is 547 g/mol. The van der Waals surface area contributed by atoms with Crippen molar-refractivity contribution in [2.24, 2.45) is 0 Å². The van der Waals surface area contributed by atoms with Gasteiger partial charge in [0.05, 0.1) is 58.7 Å². The third-order valence-electron chi connectivity index (χ3n) is 4.80. The molecule has 0 N–H and O–H groups in total. The summed E-state index contributed by atoms with van der Waals surface area (Å²) in [6.07, 6.45) is 0.265. The first kappa shape index (κ1) is 26.9. The molecule has 23 heteroatoms. The lowest BCUT2D eigenvalue weighted by atomic mass is 10.0. The number of hydrogen-bond acceptors (Lipinski definition) is 16. The second kappa shape index (κ2) is 9.76. The second-order valence-corrected chi connectivity index (χ2v) is 6.95. The maximum Gasteiger partial charge on any atom is 0.314 e. The molecule has 0 saturated heterocycles. The first-order chi connectivity index (χ1) is 18.1. The molecule has 23 nitrogen and oxygen atoms in total. The molecule has 3 aromatic rings. The number of nitrogens with zero attached hydrogens (tertiary/aromatic N) is 9. The van der Waals surface area contributed by atoms with Crippen LogP contribution in [-0.4, -0.2) is 44.4 Å². The van der Waals surface area contributed by atoms with Gasteiger partial charge in [-0.1, -0.05) is 0 Å². The van der Waals surface area contributed by atoms with E-state index in [4.69, 9.17) is 0 Å². The molecule has 0 bridgehead atoms. The van der Waals surface area contributed by atoms with Gasteiger partial charge in [0.15, 0.2) is 22.6 Å². The summed E-state index contributed by atoms with van der Waals surface area (Å²) in [4.78, 5) is 78.4. The predicted octanol–water partition coefficient (Wildman–Crippen LogP) is 3.17. The number of nitro groups is 7. The van der Waals surface area contributed by atoms with Crippen molar-refractivity contribution in [3.8, 4) is 22.6 Å². The van der Waals surface area contributed by atoms with Gasteiger partial charge in [0.25, 0.3) is 34.1 Å². The van der Waals surface area contributed by atoms with Crippen molar-refractivity contribution in [2.75, 3.05) is 0 Å². The van der Waals surface area contributed by atoms with Crippen LogP contribution in [0.5, 0.6) is 0 Å². The molecule has 0 saturated carbocycles. The van der Waals surface area contributed by atoms with Crippen LogP contribution in [0, 0.1) is 70.8 Å². The molecule has 2 aromatic carbocycles. The van der Waals surface area contributed by atoms with Crippen LogP contribution < -0.4 is 0 Å². The molecule has 198 valence electrons. The molecule has 0 aliphatic rings. The number of non-ortho nitro benzene ring substituents is 2. The first-order valence-corrected chi connectivity index (χ1v) is 9.40. The summed E-state index contributed by atoms with van der Waals surface area (Å²) in [7, 11) is 0. The third-order valence-corrected chi connectivity index (χ3v) is 4.80. The minimum absolute atomic E-state index is 0.227. The molecule has 0 aliphatic carbocycles. The lowest BCUT2D eigenvalue weighted by Crippen LogP contribution is -2.07. The van der Waals surface area contributed by atoms with Gasteiger partial charge in [0, 0.05) is 0 Å². The Balaban J connectivity index is 2.57. The van der Waals surface area contributed by atoms with E-state index >= 15 is 0 Å². The zero-order valence-electron chi connectivity index (χ0n) is 18.1. The molecule has 1 aromatic heterocycles. The Hall–Kier alpha value is -6.68. The summed E-state index contributed by atoms with van der Waals surface area (Å²) in [5.74, 6) is -1.12. The average molecular weight is 547 g/mol. The van der Waals surface area contributed by atoms with Gasteiger partial charge in [-0.05, 0) is 0 Å². The molecule has 0 spiro atoms. The summed E-state index contributed by atoms with van der Waals surface area (Å²) in [5, 5.41) is 80.5. The smallest absolute Gasteiger partial charge is 0.258 e. The van der Waals surface area contributed by atoms with Crippen LogP contribution in [-0.2, 0) is 0 Å². The lowest BCUT2D eigenvalue weighted by molar-refractivity contribution is -0.402. The predicted molar refractivity (Wildman–Crippen MR) is 119 cm³/mol. The van der Waals surface area contributed by atoms with E-state index in [0.29, 0.717) is 0 Å². The van der Waals surface area contributed by atoms with Crippen molar-refractivity contribution in [2.45, 2.75) is 0 Å². The van der Waals surface area contributed by atoms with Crippen molar-refractivity contribution >= 4 is 39.8 Å². The fourth-order valence-electron chi connectivity index (χ4n) is 3.27. The number of hydrogen-bond donors (Lipinski definition) is 0. The topological polar surface area (TPSA) is 328 Å². The minimum atomic E-state index is -1.42. The van der Waals surface area contributed by atoms with E-state index in [1.54, 1.807) is 0 Å². The SMILES string of the molecule is O=[N+]([O-])c1cc([N+](=O)[O-])c(-c2ncc([N+](=O)[O-])c(-c3c([N+](=O)[O-])cc([N+](=O)[O-])cc3[N+](=O)[O-])n2)c([N+](=O)[O-])c1. The van der Waals surface area contributed by atoms with Crippen LogP contribution in [0.15, 0.2) is 30.5 Å². The van der Waals surface area contributed by atoms with Crippen LogP contribution >= 0.6 is 0 Å². The zero-order valence-corrected chi connectivity index (χ0v) is 18.1. The summed E-state index contributed by atoms with van der Waals surface area (Å²) in [6.45, 7) is 0. The maximum absolute atomic E-state index is 11.7. The molecule has 39 heavy (non-hydrogen) atoms. The molecular weight excluding hydrogens is 542 g/mol. The standard InChI is InChI=1S/C16H5N9O14/c26-19(27)6-1-8(21(30)31)13(9(2-6)22(32)33)15-12(25(38)39)5-17-16(18-15)14-10(23(34)35)3-7(20(28)29)4-11(14)24(36)37/h1-5H. The van der Waals surface area contributed by atoms with Crippen LogP contribution in [0.1, 0.15) is 0 Å². The Morgan fingerprint density at radius 1 is 0.462 bits per heavy atom. The highest BCUT2D eigenvalue weighted by Crippen LogP contribution is 2.46. The van der Waals surface area contributed by atoms with Crippen LogP contribution in [0.3, 0.4) is 0 Å². The number of nitro benzene ring substituents is 6. The summed E-state index contributed by atoms with van der Waals surface area (Å²) < 4.78 is 0. The fraction of sp³-hybridized carbons (Fsp3) is 0. The quantitative estimate of drug-likeness (QED) is 0.274. The third kappa shape index (κ3) is 4.87. The van der Waals surface area contributed by atoms with Crippen LogP contribution in [0.25, 0.3) is 22.6 Å². The van der Waals surface area contributed by atoms with Crippen molar-refractivity contribution in [3.05, 3.63) is 101 Å². The molecule has 0 unspecified atom stereocenters. The van der Waals surface area contributed by atoms with E-state index in [2.05, 4.69) is 9.97 Å². The van der Waals surface area contributed by atoms with E-state index < -0.39 is 96.9 Å². The van der Waals surface area contributed by atoms with E-state index in [-0.39, 0.29) is 30.5 Å². The lowest BCUT2D eigenvalue weighted by Gasteiger charge is -2.08. The van der Waals surface area contributed by atoms with Crippen molar-refractivity contribution in [3.63, 3.8) is 0 Å². The molecule has 0 radical (unpaired) electrons. The number of aromatic nitrogens is 2. The normalized spacial score (nSPS) is 10.5. The largest absolute Gasteiger partial charge is 0.314 e. The van der Waals surface area contributed by atoms with E-state index in [1.807, 2.05) is 0 Å². The molecule has 0 fully saturated rings. The van der Waals surface area contributed by atoms with Gasteiger partial charge in [-0.3, -0.25) is 70.8 Å². The Labute approximate surface area is 209 Å². The molecule has 0 amide bonds. The van der Waals surface area contributed by atoms with Gasteiger partial charge >= 0.3 is 5.69 Å². The van der Waals surface area contributed by atoms with E-state index in [0.717, 1.165) is 0 Å². The fourth-order valence-corrected chi connectivity index (χ4v) is 3.27. The first-order valence-electron chi connectivity index (χ1n) is 9.40. The molecule has 3 rings (SSSR count). The zero-order chi connectivity index (χ0) is 29.3. The molecular formula is C16H5N9O14. The average Bonchev–Trinajstić information content (AvgIpc) is 2.86. The summed E-state index contributed by atoms with van der Waals surface area (Å²) in [5.41, 5.74) is -12.7. The van der Waals surface area contributed by atoms with Crippen LogP contribution in [0.2, 0.25) is 0 Å². The van der Waals surface area contributed by atoms with Gasteiger partial charge in [0.1, 0.15) is 6.20 Å². The van der Waals surface area contributed by atoms with Gasteiger partial charge in [0.2, 0.25) is 0 Å². The van der Waals surface area contributed by atoms with Crippen molar-refractivity contribution in [1.82, 2.24) is 9.97 Å². The highest BCUT2D eigenvalue weighted by molar-refractivity contribution is 5.88. The molecule has 0 atom stereocenters. The number of rotatable bonds is 9. The van der Waals surface area contributed by atoms with E-state index in [1.165, 1.54) is 0 Å². The highest BCUT2D eigenvalue weighted by atomic mass is 16.7. The Morgan fingerprint density at radius 2 is 0.795 bits per heavy atom. The van der Waals surface area contributed by atoms with Crippen molar-refractivity contribution in [1.29, 1.82) is 0 Å². The second-order valence-electron chi connectivity index (χ2n) is 6.95. The maximum atomic E-state index is 11.7. The van der Waals surface area contributed by atoms with Gasteiger partial charge in [-0.2, -0.15) is 0 Å². The van der Waals surface area contributed by atoms with E-state index in [9.17, 15) is 70.8 Å². The minimum Gasteiger partial charge on any atom is -0.258 e. The van der Waals surface area contributed by atoms with Crippen molar-refractivity contribution < 1.29 is 34.5 Å². The summed E-state index contributed by atoms with van der Waals surface area (Å²) in [6, 6.07) is 1.02. The Bertz CT molecular complexity index is 1600. The molecule has 1 heterocycles. The van der Waals surface area contributed by atoms with Crippen LogP contribution in [0.4, 0.5) is 39.8 Å². The summed E-state index contributed by atoms with van der Waals surface area (Å²) >= 11 is 0.